The van der Waals surface area contributed by atoms with Gasteiger partial charge in [0.1, 0.15) is 10.8 Å². The molecule has 1 N–H and O–H groups in total. The van der Waals surface area contributed by atoms with Crippen LogP contribution in [0.2, 0.25) is 5.15 Å². The molecule has 0 aliphatic carbocycles. The predicted molar refractivity (Wildman–Crippen MR) is 66.2 cm³/mol. The van der Waals surface area contributed by atoms with Crippen LogP contribution in [-0.2, 0) is 0 Å². The van der Waals surface area contributed by atoms with Gasteiger partial charge in [0.15, 0.2) is 0 Å². The fourth-order valence-electron chi connectivity index (χ4n) is 1.34. The zero-order chi connectivity index (χ0) is 12.3. The summed E-state index contributed by atoms with van der Waals surface area (Å²) in [6, 6.07) is 8.44. The minimum absolute atomic E-state index is 0.278. The van der Waals surface area contributed by atoms with Gasteiger partial charge in [-0.15, -0.1) is 0 Å². The van der Waals surface area contributed by atoms with Crippen molar-refractivity contribution in [2.45, 2.75) is 6.92 Å². The van der Waals surface area contributed by atoms with E-state index in [2.05, 4.69) is 15.3 Å². The summed E-state index contributed by atoms with van der Waals surface area (Å²) in [5.74, 6) is -0.302. The number of nitrogens with zero attached hydrogens (tertiary/aromatic N) is 2. The molecular weight excluding hydrogens is 238 g/mol. The van der Waals surface area contributed by atoms with Crippen molar-refractivity contribution in [1.82, 2.24) is 9.97 Å². The highest BCUT2D eigenvalue weighted by Gasteiger charge is 2.09. The van der Waals surface area contributed by atoms with Crippen LogP contribution in [0.4, 0.5) is 5.69 Å². The van der Waals surface area contributed by atoms with Gasteiger partial charge in [0.2, 0.25) is 0 Å². The van der Waals surface area contributed by atoms with E-state index in [-0.39, 0.29) is 11.6 Å². The van der Waals surface area contributed by atoms with Crippen LogP contribution < -0.4 is 5.32 Å². The summed E-state index contributed by atoms with van der Waals surface area (Å²) in [4.78, 5) is 19.9. The highest BCUT2D eigenvalue weighted by Crippen LogP contribution is 2.12. The van der Waals surface area contributed by atoms with Crippen LogP contribution in [-0.4, -0.2) is 15.9 Å². The SMILES string of the molecule is Cc1ncccc1NC(=O)c1cccc(Cl)n1. The maximum atomic E-state index is 11.9. The van der Waals surface area contributed by atoms with Crippen LogP contribution in [0.5, 0.6) is 0 Å². The van der Waals surface area contributed by atoms with Gasteiger partial charge < -0.3 is 5.32 Å². The number of hydrogen-bond donors (Lipinski definition) is 1. The van der Waals surface area contributed by atoms with Crippen molar-refractivity contribution in [2.75, 3.05) is 5.32 Å². The lowest BCUT2D eigenvalue weighted by Crippen LogP contribution is -2.14. The lowest BCUT2D eigenvalue weighted by Gasteiger charge is -2.06. The molecule has 0 fully saturated rings. The molecule has 0 atom stereocenters. The van der Waals surface area contributed by atoms with E-state index in [1.54, 1.807) is 36.5 Å². The van der Waals surface area contributed by atoms with Gasteiger partial charge in [-0.1, -0.05) is 17.7 Å². The summed E-state index contributed by atoms with van der Waals surface area (Å²) in [6.07, 6.45) is 1.67. The average Bonchev–Trinajstić information content (AvgIpc) is 2.32. The molecule has 2 heterocycles. The Kier molecular flexibility index (Phi) is 3.35. The van der Waals surface area contributed by atoms with E-state index < -0.39 is 0 Å². The van der Waals surface area contributed by atoms with E-state index in [9.17, 15) is 4.79 Å². The van der Waals surface area contributed by atoms with Gasteiger partial charge in [-0.3, -0.25) is 9.78 Å². The van der Waals surface area contributed by atoms with E-state index in [4.69, 9.17) is 11.6 Å². The number of carbonyl (C=O) groups is 1. The van der Waals surface area contributed by atoms with Gasteiger partial charge in [0, 0.05) is 6.20 Å². The third-order valence-corrected chi connectivity index (χ3v) is 2.41. The molecule has 0 unspecified atom stereocenters. The summed E-state index contributed by atoms with van der Waals surface area (Å²) in [5.41, 5.74) is 1.70. The van der Waals surface area contributed by atoms with Crippen molar-refractivity contribution in [1.29, 1.82) is 0 Å². The molecule has 1 amide bonds. The number of amides is 1. The first-order valence-electron chi connectivity index (χ1n) is 5.02. The zero-order valence-corrected chi connectivity index (χ0v) is 9.90. The number of carbonyl (C=O) groups excluding carboxylic acids is 1. The van der Waals surface area contributed by atoms with Crippen LogP contribution >= 0.6 is 11.6 Å². The molecule has 0 radical (unpaired) electrons. The molecular formula is C12H10ClN3O. The van der Waals surface area contributed by atoms with Gasteiger partial charge in [-0.05, 0) is 31.2 Å². The van der Waals surface area contributed by atoms with Gasteiger partial charge in [0.05, 0.1) is 11.4 Å². The number of halogens is 1. The highest BCUT2D eigenvalue weighted by molar-refractivity contribution is 6.29. The quantitative estimate of drug-likeness (QED) is 0.830. The Labute approximate surface area is 104 Å². The second-order valence-electron chi connectivity index (χ2n) is 3.44. The van der Waals surface area contributed by atoms with E-state index >= 15 is 0 Å². The number of nitrogens with one attached hydrogen (secondary N) is 1. The fourth-order valence-corrected chi connectivity index (χ4v) is 1.50. The molecule has 86 valence electrons. The molecule has 0 aromatic carbocycles. The van der Waals surface area contributed by atoms with Gasteiger partial charge in [0.25, 0.3) is 5.91 Å². The van der Waals surface area contributed by atoms with E-state index in [1.165, 1.54) is 0 Å². The lowest BCUT2D eigenvalue weighted by atomic mass is 10.3. The number of aromatic nitrogens is 2. The molecule has 0 saturated carbocycles. The molecule has 2 rings (SSSR count). The van der Waals surface area contributed by atoms with E-state index in [0.717, 1.165) is 5.69 Å². The van der Waals surface area contributed by atoms with Gasteiger partial charge in [-0.2, -0.15) is 0 Å². The maximum Gasteiger partial charge on any atom is 0.274 e. The van der Waals surface area contributed by atoms with Crippen LogP contribution in [0.25, 0.3) is 0 Å². The third-order valence-electron chi connectivity index (χ3n) is 2.20. The van der Waals surface area contributed by atoms with Crippen molar-refractivity contribution in [3.63, 3.8) is 0 Å². The Morgan fingerprint density at radius 1 is 1.29 bits per heavy atom. The topological polar surface area (TPSA) is 54.9 Å². The van der Waals surface area contributed by atoms with Crippen LogP contribution in [0, 0.1) is 6.92 Å². The average molecular weight is 248 g/mol. The van der Waals surface area contributed by atoms with Crippen LogP contribution in [0.3, 0.4) is 0 Å². The van der Waals surface area contributed by atoms with Crippen LogP contribution in [0.1, 0.15) is 16.2 Å². The molecule has 5 heteroatoms. The molecule has 0 spiro atoms. The number of anilines is 1. The molecule has 2 aromatic rings. The first-order valence-corrected chi connectivity index (χ1v) is 5.40. The molecule has 0 aliphatic heterocycles. The standard InChI is InChI=1S/C12H10ClN3O/c1-8-9(5-3-7-14-8)16-12(17)10-4-2-6-11(13)15-10/h2-7H,1H3,(H,16,17). The van der Waals surface area contributed by atoms with Crippen LogP contribution in [0.15, 0.2) is 36.5 Å². The number of pyridine rings is 2. The summed E-state index contributed by atoms with van der Waals surface area (Å²) < 4.78 is 0. The number of hydrogen-bond acceptors (Lipinski definition) is 3. The fraction of sp³-hybridized carbons (Fsp3) is 0.0833. The van der Waals surface area contributed by atoms with Gasteiger partial charge >= 0.3 is 0 Å². The summed E-state index contributed by atoms with van der Waals surface area (Å²) in [7, 11) is 0. The number of aryl methyl sites for hydroxylation is 1. The largest absolute Gasteiger partial charge is 0.319 e. The molecule has 0 saturated heterocycles. The van der Waals surface area contributed by atoms with Crippen molar-refractivity contribution >= 4 is 23.2 Å². The molecule has 2 aromatic heterocycles. The second kappa shape index (κ2) is 4.93. The number of rotatable bonds is 2. The van der Waals surface area contributed by atoms with Crippen molar-refractivity contribution in [3.05, 3.63) is 53.1 Å². The first kappa shape index (κ1) is 11.5. The Morgan fingerprint density at radius 2 is 2.12 bits per heavy atom. The molecule has 0 aliphatic rings. The predicted octanol–water partition coefficient (Wildman–Crippen LogP) is 2.69. The minimum Gasteiger partial charge on any atom is -0.319 e. The normalized spacial score (nSPS) is 10.0. The van der Waals surface area contributed by atoms with E-state index in [0.29, 0.717) is 10.8 Å². The molecule has 17 heavy (non-hydrogen) atoms. The van der Waals surface area contributed by atoms with E-state index in [1.807, 2.05) is 6.92 Å². The Hall–Kier alpha value is -1.94. The first-order chi connectivity index (χ1) is 8.16. The molecule has 0 bridgehead atoms. The summed E-state index contributed by atoms with van der Waals surface area (Å²) in [6.45, 7) is 1.82. The lowest BCUT2D eigenvalue weighted by molar-refractivity contribution is 0.102. The van der Waals surface area contributed by atoms with Crippen molar-refractivity contribution < 1.29 is 4.79 Å². The smallest absolute Gasteiger partial charge is 0.274 e. The Morgan fingerprint density at radius 3 is 2.82 bits per heavy atom. The zero-order valence-electron chi connectivity index (χ0n) is 9.14. The molecule has 4 nitrogen and oxygen atoms in total. The second-order valence-corrected chi connectivity index (χ2v) is 3.82. The Balaban J connectivity index is 2.20. The summed E-state index contributed by atoms with van der Waals surface area (Å²) in [5, 5.41) is 3.02. The Bertz CT molecular complexity index is 557. The summed E-state index contributed by atoms with van der Waals surface area (Å²) >= 11 is 5.72. The minimum atomic E-state index is -0.302. The monoisotopic (exact) mass is 247 g/mol. The maximum absolute atomic E-state index is 11.9. The third kappa shape index (κ3) is 2.79. The van der Waals surface area contributed by atoms with Crippen molar-refractivity contribution in [2.24, 2.45) is 0 Å². The highest BCUT2D eigenvalue weighted by atomic mass is 35.5. The van der Waals surface area contributed by atoms with Crippen molar-refractivity contribution in [3.8, 4) is 0 Å². The van der Waals surface area contributed by atoms with Gasteiger partial charge in [-0.25, -0.2) is 4.98 Å².